The Labute approximate surface area is 157 Å². The van der Waals surface area contributed by atoms with Gasteiger partial charge in [0.25, 0.3) is 0 Å². The van der Waals surface area contributed by atoms with Gasteiger partial charge < -0.3 is 10.5 Å². The van der Waals surface area contributed by atoms with Gasteiger partial charge in [-0.15, -0.1) is 0 Å². The Hall–Kier alpha value is -2.71. The van der Waals surface area contributed by atoms with Crippen molar-refractivity contribution in [2.75, 3.05) is 13.7 Å². The van der Waals surface area contributed by atoms with Crippen molar-refractivity contribution in [2.45, 2.75) is 14.7 Å². The van der Waals surface area contributed by atoms with Crippen LogP contribution in [0, 0.1) is 11.8 Å². The molecule has 2 aromatic rings. The largest absolute Gasteiger partial charge is 0.372 e. The zero-order chi connectivity index (χ0) is 20.2. The molecule has 1 amide bonds. The second-order valence-electron chi connectivity index (χ2n) is 5.31. The van der Waals surface area contributed by atoms with Crippen LogP contribution in [0.25, 0.3) is 0 Å². The van der Waals surface area contributed by atoms with Gasteiger partial charge in [0, 0.05) is 12.7 Å². The molecule has 0 spiro atoms. The number of hydrogen-bond acceptors (Lipinski definition) is 6. The first kappa shape index (κ1) is 20.6. The lowest BCUT2D eigenvalue weighted by Crippen LogP contribution is -2.20. The van der Waals surface area contributed by atoms with E-state index in [9.17, 15) is 21.6 Å². The number of amides is 1. The summed E-state index contributed by atoms with van der Waals surface area (Å²) in [6.45, 7) is 0.119. The summed E-state index contributed by atoms with van der Waals surface area (Å²) in [4.78, 5) is 10.1. The number of primary amides is 1. The van der Waals surface area contributed by atoms with E-state index in [1.165, 1.54) is 31.4 Å². The van der Waals surface area contributed by atoms with E-state index in [0.717, 1.165) is 18.2 Å². The predicted molar refractivity (Wildman–Crippen MR) is 97.0 cm³/mol. The molecule has 8 nitrogen and oxygen atoms in total. The van der Waals surface area contributed by atoms with Gasteiger partial charge in [-0.05, 0) is 30.3 Å². The number of carbonyl (C=O) groups excluding carboxylic acids is 1. The summed E-state index contributed by atoms with van der Waals surface area (Å²) in [5.74, 6) is 4.35. The molecule has 0 atom stereocenters. The third-order valence-corrected chi connectivity index (χ3v) is 6.38. The van der Waals surface area contributed by atoms with E-state index in [-0.39, 0.29) is 17.7 Å². The number of sulfone groups is 1. The number of primary sulfonamides is 1. The van der Waals surface area contributed by atoms with Gasteiger partial charge in [-0.1, -0.05) is 24.0 Å². The van der Waals surface area contributed by atoms with E-state index in [0.29, 0.717) is 0 Å². The van der Waals surface area contributed by atoms with Crippen molar-refractivity contribution in [3.8, 4) is 11.8 Å². The predicted octanol–water partition coefficient (Wildman–Crippen LogP) is 0.264. The maximum Gasteiger partial charge on any atom is 0.250 e. The maximum absolute atomic E-state index is 13.1. The van der Waals surface area contributed by atoms with Crippen molar-refractivity contribution in [1.29, 1.82) is 0 Å². The van der Waals surface area contributed by atoms with Crippen LogP contribution in [0.15, 0.2) is 57.2 Å². The van der Waals surface area contributed by atoms with E-state index in [2.05, 4.69) is 11.8 Å². The lowest BCUT2D eigenvalue weighted by Gasteiger charge is -2.12. The third kappa shape index (κ3) is 4.53. The van der Waals surface area contributed by atoms with Gasteiger partial charge in [0.2, 0.25) is 25.8 Å². The Kier molecular flexibility index (Phi) is 6.02. The van der Waals surface area contributed by atoms with Gasteiger partial charge in [0.1, 0.15) is 11.5 Å². The highest BCUT2D eigenvalue weighted by Gasteiger charge is 2.29. The van der Waals surface area contributed by atoms with Crippen LogP contribution in [0.2, 0.25) is 0 Å². The Balaban J connectivity index is 2.78. The molecular formula is C17H16N2O6S2. The average molecular weight is 408 g/mol. The highest BCUT2D eigenvalue weighted by molar-refractivity contribution is 7.93. The standard InChI is InChI=1S/C17H16N2O6S2/c1-25-10-4-5-12-8-9-13(17(18)20)16(11-12)26(21,22)14-6-2-3-7-15(14)27(19,23)24/h2-3,6-9,11H,10H2,1H3,(H2,18,20)(H2,19,23,24). The molecule has 27 heavy (non-hydrogen) atoms. The molecule has 0 radical (unpaired) electrons. The smallest absolute Gasteiger partial charge is 0.250 e. The quantitative estimate of drug-likeness (QED) is 0.679. The van der Waals surface area contributed by atoms with Gasteiger partial charge in [-0.2, -0.15) is 0 Å². The molecule has 0 unspecified atom stereocenters. The fraction of sp³-hybridized carbons (Fsp3) is 0.118. The minimum absolute atomic E-state index is 0.119. The molecule has 0 heterocycles. The number of carbonyl (C=O) groups is 1. The van der Waals surface area contributed by atoms with Crippen LogP contribution in [-0.2, 0) is 24.6 Å². The topological polar surface area (TPSA) is 147 Å². The summed E-state index contributed by atoms with van der Waals surface area (Å²) >= 11 is 0. The molecule has 0 fully saturated rings. The maximum atomic E-state index is 13.1. The highest BCUT2D eigenvalue weighted by atomic mass is 32.2. The molecule has 2 rings (SSSR count). The fourth-order valence-electron chi connectivity index (χ4n) is 2.26. The third-order valence-electron chi connectivity index (χ3n) is 3.43. The van der Waals surface area contributed by atoms with E-state index in [4.69, 9.17) is 15.6 Å². The lowest BCUT2D eigenvalue weighted by atomic mass is 10.1. The molecule has 0 aliphatic carbocycles. The Morgan fingerprint density at radius 1 is 1.04 bits per heavy atom. The molecule has 142 valence electrons. The molecule has 0 bridgehead atoms. The zero-order valence-electron chi connectivity index (χ0n) is 14.2. The minimum Gasteiger partial charge on any atom is -0.372 e. The molecule has 0 saturated carbocycles. The van der Waals surface area contributed by atoms with E-state index in [1.807, 2.05) is 0 Å². The first-order valence-corrected chi connectivity index (χ1v) is 10.4. The Morgan fingerprint density at radius 3 is 2.22 bits per heavy atom. The van der Waals surface area contributed by atoms with Crippen molar-refractivity contribution < 1.29 is 26.4 Å². The number of rotatable bonds is 5. The van der Waals surface area contributed by atoms with Gasteiger partial charge in [-0.25, -0.2) is 22.0 Å². The summed E-state index contributed by atoms with van der Waals surface area (Å²) in [6.07, 6.45) is 0. The van der Waals surface area contributed by atoms with Gasteiger partial charge >= 0.3 is 0 Å². The second kappa shape index (κ2) is 7.89. The van der Waals surface area contributed by atoms with Crippen molar-refractivity contribution in [3.05, 3.63) is 53.6 Å². The summed E-state index contributed by atoms with van der Waals surface area (Å²) in [6, 6.07) is 8.61. The van der Waals surface area contributed by atoms with Gasteiger partial charge in [-0.3, -0.25) is 4.79 Å². The summed E-state index contributed by atoms with van der Waals surface area (Å²) in [5.41, 5.74) is 5.27. The van der Waals surface area contributed by atoms with Crippen LogP contribution >= 0.6 is 0 Å². The zero-order valence-corrected chi connectivity index (χ0v) is 15.8. The molecule has 0 aliphatic rings. The SMILES string of the molecule is COCC#Cc1ccc(C(N)=O)c(S(=O)(=O)c2ccccc2S(N)(=O)=O)c1. The van der Waals surface area contributed by atoms with Crippen molar-refractivity contribution in [3.63, 3.8) is 0 Å². The Bertz CT molecular complexity index is 1160. The van der Waals surface area contributed by atoms with Crippen LogP contribution in [0.4, 0.5) is 0 Å². The van der Waals surface area contributed by atoms with Crippen LogP contribution in [0.3, 0.4) is 0 Å². The first-order chi connectivity index (χ1) is 12.6. The van der Waals surface area contributed by atoms with Crippen molar-refractivity contribution >= 4 is 25.8 Å². The van der Waals surface area contributed by atoms with Crippen molar-refractivity contribution in [1.82, 2.24) is 0 Å². The molecular weight excluding hydrogens is 392 g/mol. The molecule has 10 heteroatoms. The number of benzene rings is 2. The molecule has 4 N–H and O–H groups in total. The monoisotopic (exact) mass is 408 g/mol. The number of nitrogens with two attached hydrogens (primary N) is 2. The molecule has 0 saturated heterocycles. The normalized spacial score (nSPS) is 11.5. The number of hydrogen-bond donors (Lipinski definition) is 2. The van der Waals surface area contributed by atoms with Crippen molar-refractivity contribution in [2.24, 2.45) is 10.9 Å². The van der Waals surface area contributed by atoms with Crippen LogP contribution < -0.4 is 10.9 Å². The van der Waals surface area contributed by atoms with E-state index >= 15 is 0 Å². The van der Waals surface area contributed by atoms with Gasteiger partial charge in [0.15, 0.2) is 0 Å². The average Bonchev–Trinajstić information content (AvgIpc) is 2.61. The summed E-state index contributed by atoms with van der Waals surface area (Å²) in [5, 5.41) is 5.12. The van der Waals surface area contributed by atoms with E-state index in [1.54, 1.807) is 0 Å². The van der Waals surface area contributed by atoms with Gasteiger partial charge in [0.05, 0.1) is 15.4 Å². The number of methoxy groups -OCH3 is 1. The molecule has 0 aromatic heterocycles. The lowest BCUT2D eigenvalue weighted by molar-refractivity contribution is 0.0997. The van der Waals surface area contributed by atoms with Crippen LogP contribution in [0.5, 0.6) is 0 Å². The number of ether oxygens (including phenoxy) is 1. The molecule has 0 aliphatic heterocycles. The van der Waals surface area contributed by atoms with Crippen LogP contribution in [-0.4, -0.2) is 36.5 Å². The fourth-order valence-corrected chi connectivity index (χ4v) is 5.12. The highest BCUT2D eigenvalue weighted by Crippen LogP contribution is 2.29. The molecule has 2 aromatic carbocycles. The second-order valence-corrected chi connectivity index (χ2v) is 8.72. The summed E-state index contributed by atoms with van der Waals surface area (Å²) < 4.78 is 54.6. The number of sulfonamides is 1. The first-order valence-electron chi connectivity index (χ1n) is 7.37. The Morgan fingerprint density at radius 2 is 1.67 bits per heavy atom. The summed E-state index contributed by atoms with van der Waals surface area (Å²) in [7, 11) is -7.32. The van der Waals surface area contributed by atoms with Crippen LogP contribution in [0.1, 0.15) is 15.9 Å². The van der Waals surface area contributed by atoms with E-state index < -0.39 is 40.5 Å². The minimum atomic E-state index is -4.44.